The number of carbonyl (C=O) groups excluding carboxylic acids is 2. The Bertz CT molecular complexity index is 990. The average Bonchev–Trinajstić information content (AvgIpc) is 3.27. The Morgan fingerprint density at radius 3 is 2.82 bits per heavy atom. The highest BCUT2D eigenvalue weighted by molar-refractivity contribution is 7.09. The molecule has 1 aromatic carbocycles. The van der Waals surface area contributed by atoms with E-state index in [0.29, 0.717) is 31.0 Å². The van der Waals surface area contributed by atoms with Gasteiger partial charge in [-0.05, 0) is 38.0 Å². The van der Waals surface area contributed by atoms with E-state index in [1.54, 1.807) is 12.3 Å². The Morgan fingerprint density at radius 1 is 1.25 bits per heavy atom. The van der Waals surface area contributed by atoms with E-state index in [0.717, 1.165) is 34.4 Å². The quantitative estimate of drug-likeness (QED) is 0.570. The van der Waals surface area contributed by atoms with Crippen LogP contribution in [0.15, 0.2) is 28.0 Å². The Labute approximate surface area is 167 Å². The number of carbonyl (C=O) groups is 2. The van der Waals surface area contributed by atoms with Crippen LogP contribution in [0.1, 0.15) is 57.4 Å². The SMILES string of the molecule is CCCc1ccc2oc(C(=O)NCCc3nc(C(=O)OCC)cs3)c(C)c2c1. The van der Waals surface area contributed by atoms with Gasteiger partial charge in [-0.1, -0.05) is 19.4 Å². The molecule has 0 saturated heterocycles. The number of esters is 1. The monoisotopic (exact) mass is 400 g/mol. The average molecular weight is 401 g/mol. The van der Waals surface area contributed by atoms with Gasteiger partial charge in [0.15, 0.2) is 11.5 Å². The highest BCUT2D eigenvalue weighted by Crippen LogP contribution is 2.26. The van der Waals surface area contributed by atoms with Gasteiger partial charge in [0.25, 0.3) is 5.91 Å². The summed E-state index contributed by atoms with van der Waals surface area (Å²) in [6, 6.07) is 6.07. The van der Waals surface area contributed by atoms with Crippen LogP contribution in [0.5, 0.6) is 0 Å². The number of fused-ring (bicyclic) bond motifs is 1. The number of nitrogens with zero attached hydrogens (tertiary/aromatic N) is 1. The molecule has 0 unspecified atom stereocenters. The molecule has 0 saturated carbocycles. The molecule has 0 radical (unpaired) electrons. The highest BCUT2D eigenvalue weighted by atomic mass is 32.1. The van der Waals surface area contributed by atoms with Gasteiger partial charge in [-0.15, -0.1) is 11.3 Å². The second-order valence-corrected chi connectivity index (χ2v) is 7.43. The van der Waals surface area contributed by atoms with Crippen molar-refractivity contribution < 1.29 is 18.7 Å². The number of thiazole rings is 1. The summed E-state index contributed by atoms with van der Waals surface area (Å²) in [5, 5.41) is 6.30. The molecule has 28 heavy (non-hydrogen) atoms. The van der Waals surface area contributed by atoms with Gasteiger partial charge in [-0.25, -0.2) is 9.78 Å². The number of aryl methyl sites for hydroxylation is 2. The molecule has 0 fully saturated rings. The van der Waals surface area contributed by atoms with Crippen molar-refractivity contribution in [3.05, 3.63) is 51.2 Å². The third-order valence-electron chi connectivity index (χ3n) is 4.41. The number of rotatable bonds is 8. The van der Waals surface area contributed by atoms with Crippen LogP contribution in [0.4, 0.5) is 0 Å². The minimum atomic E-state index is -0.422. The highest BCUT2D eigenvalue weighted by Gasteiger charge is 2.18. The smallest absolute Gasteiger partial charge is 0.357 e. The maximum atomic E-state index is 12.5. The van der Waals surface area contributed by atoms with E-state index >= 15 is 0 Å². The second kappa shape index (κ2) is 9.01. The predicted molar refractivity (Wildman–Crippen MR) is 109 cm³/mol. The Hall–Kier alpha value is -2.67. The summed E-state index contributed by atoms with van der Waals surface area (Å²) in [7, 11) is 0. The summed E-state index contributed by atoms with van der Waals surface area (Å²) in [5.74, 6) is -0.322. The topological polar surface area (TPSA) is 81.4 Å². The van der Waals surface area contributed by atoms with Crippen molar-refractivity contribution in [2.75, 3.05) is 13.2 Å². The van der Waals surface area contributed by atoms with Gasteiger partial charge in [0.05, 0.1) is 11.6 Å². The lowest BCUT2D eigenvalue weighted by molar-refractivity contribution is 0.0520. The fourth-order valence-corrected chi connectivity index (χ4v) is 3.78. The lowest BCUT2D eigenvalue weighted by Gasteiger charge is -2.02. The van der Waals surface area contributed by atoms with Crippen molar-refractivity contribution in [3.63, 3.8) is 0 Å². The molecule has 0 spiro atoms. The van der Waals surface area contributed by atoms with Crippen molar-refractivity contribution in [3.8, 4) is 0 Å². The number of benzene rings is 1. The minimum Gasteiger partial charge on any atom is -0.461 e. The second-order valence-electron chi connectivity index (χ2n) is 6.49. The number of ether oxygens (including phenoxy) is 1. The molecule has 0 aliphatic carbocycles. The largest absolute Gasteiger partial charge is 0.461 e. The maximum Gasteiger partial charge on any atom is 0.357 e. The van der Waals surface area contributed by atoms with Crippen LogP contribution < -0.4 is 5.32 Å². The zero-order chi connectivity index (χ0) is 20.1. The molecule has 6 nitrogen and oxygen atoms in total. The summed E-state index contributed by atoms with van der Waals surface area (Å²) in [6.45, 7) is 6.53. The third-order valence-corrected chi connectivity index (χ3v) is 5.31. The van der Waals surface area contributed by atoms with Crippen molar-refractivity contribution in [1.82, 2.24) is 10.3 Å². The van der Waals surface area contributed by atoms with Crippen molar-refractivity contribution in [2.24, 2.45) is 0 Å². The first-order chi connectivity index (χ1) is 13.5. The van der Waals surface area contributed by atoms with Crippen LogP contribution in [-0.2, 0) is 17.6 Å². The van der Waals surface area contributed by atoms with Crippen LogP contribution in [-0.4, -0.2) is 30.0 Å². The van der Waals surface area contributed by atoms with E-state index in [1.165, 1.54) is 16.9 Å². The molecule has 148 valence electrons. The fourth-order valence-electron chi connectivity index (χ4n) is 3.02. The van der Waals surface area contributed by atoms with E-state index in [1.807, 2.05) is 19.1 Å². The number of hydrogen-bond acceptors (Lipinski definition) is 6. The Kier molecular flexibility index (Phi) is 6.46. The molecule has 1 amide bonds. The number of amides is 1. The van der Waals surface area contributed by atoms with E-state index < -0.39 is 5.97 Å². The molecule has 0 bridgehead atoms. The molecular formula is C21H24N2O4S. The lowest BCUT2D eigenvalue weighted by Crippen LogP contribution is -2.25. The first-order valence-electron chi connectivity index (χ1n) is 9.45. The van der Waals surface area contributed by atoms with Crippen molar-refractivity contribution >= 4 is 34.2 Å². The fraction of sp³-hybridized carbons (Fsp3) is 0.381. The molecule has 0 atom stereocenters. The summed E-state index contributed by atoms with van der Waals surface area (Å²) in [5.41, 5.74) is 3.13. The minimum absolute atomic E-state index is 0.243. The summed E-state index contributed by atoms with van der Waals surface area (Å²) in [6.07, 6.45) is 2.61. The van der Waals surface area contributed by atoms with Gasteiger partial charge >= 0.3 is 5.97 Å². The first-order valence-corrected chi connectivity index (χ1v) is 10.3. The van der Waals surface area contributed by atoms with Gasteiger partial charge in [0, 0.05) is 29.3 Å². The normalized spacial score (nSPS) is 11.0. The molecule has 2 aromatic heterocycles. The molecule has 0 aliphatic rings. The molecule has 3 rings (SSSR count). The number of furan rings is 1. The molecule has 3 aromatic rings. The zero-order valence-corrected chi connectivity index (χ0v) is 17.1. The molecule has 1 N–H and O–H groups in total. The van der Waals surface area contributed by atoms with E-state index in [-0.39, 0.29) is 5.91 Å². The van der Waals surface area contributed by atoms with Gasteiger partial charge in [0.2, 0.25) is 0 Å². The van der Waals surface area contributed by atoms with E-state index in [4.69, 9.17) is 9.15 Å². The Morgan fingerprint density at radius 2 is 2.07 bits per heavy atom. The van der Waals surface area contributed by atoms with Crippen LogP contribution in [0.25, 0.3) is 11.0 Å². The van der Waals surface area contributed by atoms with E-state index in [9.17, 15) is 9.59 Å². The molecule has 7 heteroatoms. The number of nitrogens with one attached hydrogen (secondary N) is 1. The number of aromatic nitrogens is 1. The van der Waals surface area contributed by atoms with E-state index in [2.05, 4.69) is 23.3 Å². The standard InChI is InChI=1S/C21H24N2O4S/c1-4-6-14-7-8-17-15(11-14)13(3)19(27-17)20(24)22-10-9-18-23-16(12-28-18)21(25)26-5-2/h7-8,11-12H,4-6,9-10H2,1-3H3,(H,22,24). The van der Waals surface area contributed by atoms with Crippen molar-refractivity contribution in [1.29, 1.82) is 0 Å². The van der Waals surface area contributed by atoms with Crippen molar-refractivity contribution in [2.45, 2.75) is 40.0 Å². The predicted octanol–water partition coefficient (Wildman–Crippen LogP) is 4.30. The first kappa shape index (κ1) is 20.1. The van der Waals surface area contributed by atoms with Crippen LogP contribution in [0.2, 0.25) is 0 Å². The molecular weight excluding hydrogens is 376 g/mol. The Balaban J connectivity index is 1.62. The van der Waals surface area contributed by atoms with Crippen LogP contribution in [0, 0.1) is 6.92 Å². The molecule has 2 heterocycles. The lowest BCUT2D eigenvalue weighted by atomic mass is 10.1. The van der Waals surface area contributed by atoms with Gasteiger partial charge in [0.1, 0.15) is 5.58 Å². The third kappa shape index (κ3) is 4.42. The molecule has 0 aliphatic heterocycles. The zero-order valence-electron chi connectivity index (χ0n) is 16.3. The summed E-state index contributed by atoms with van der Waals surface area (Å²) < 4.78 is 10.7. The van der Waals surface area contributed by atoms with Gasteiger partial charge in [-0.2, -0.15) is 0 Å². The van der Waals surface area contributed by atoms with Gasteiger partial charge in [-0.3, -0.25) is 4.79 Å². The maximum absolute atomic E-state index is 12.5. The number of hydrogen-bond donors (Lipinski definition) is 1. The van der Waals surface area contributed by atoms with Crippen LogP contribution >= 0.6 is 11.3 Å². The summed E-state index contributed by atoms with van der Waals surface area (Å²) >= 11 is 1.38. The van der Waals surface area contributed by atoms with Crippen LogP contribution in [0.3, 0.4) is 0 Å². The van der Waals surface area contributed by atoms with Gasteiger partial charge < -0.3 is 14.5 Å². The summed E-state index contributed by atoms with van der Waals surface area (Å²) in [4.78, 5) is 28.4.